The molecule has 0 bridgehead atoms. The van der Waals surface area contributed by atoms with E-state index in [4.69, 9.17) is 0 Å². The van der Waals surface area contributed by atoms with E-state index < -0.39 is 36.7 Å². The van der Waals surface area contributed by atoms with Crippen LogP contribution in [0.2, 0.25) is 0 Å². The molecule has 0 aliphatic carbocycles. The minimum atomic E-state index is -4.48. The van der Waals surface area contributed by atoms with Crippen molar-refractivity contribution < 1.29 is 22.4 Å². The van der Waals surface area contributed by atoms with E-state index in [-0.39, 0.29) is 5.92 Å². The smallest absolute Gasteiger partial charge is 0.312 e. The molecule has 1 aliphatic heterocycles. The lowest BCUT2D eigenvalue weighted by atomic mass is 10.1. The summed E-state index contributed by atoms with van der Waals surface area (Å²) in [4.78, 5) is 12.9. The molecule has 0 saturated carbocycles. The molecule has 7 heteroatoms. The Balaban J connectivity index is 2.31. The Labute approximate surface area is 119 Å². The molecule has 1 aromatic rings. The van der Waals surface area contributed by atoms with Crippen LogP contribution in [0.25, 0.3) is 0 Å². The molecule has 0 spiro atoms. The third-order valence-corrected chi connectivity index (χ3v) is 3.40. The minimum Gasteiger partial charge on any atom is -0.312 e. The summed E-state index contributed by atoms with van der Waals surface area (Å²) in [6.45, 7) is 2.19. The summed E-state index contributed by atoms with van der Waals surface area (Å²) in [7, 11) is 0. The van der Waals surface area contributed by atoms with Crippen molar-refractivity contribution >= 4 is 5.91 Å². The first-order valence-electron chi connectivity index (χ1n) is 6.58. The summed E-state index contributed by atoms with van der Waals surface area (Å²) < 4.78 is 51.0. The number of nitrogens with zero attached hydrogens (tertiary/aromatic N) is 1. The second kappa shape index (κ2) is 5.63. The number of carbonyl (C=O) groups is 1. The maximum atomic E-state index is 12.9. The van der Waals surface area contributed by atoms with Crippen molar-refractivity contribution in [3.63, 3.8) is 0 Å². The van der Waals surface area contributed by atoms with Crippen molar-refractivity contribution in [1.29, 1.82) is 0 Å². The molecule has 0 aromatic heterocycles. The first-order valence-corrected chi connectivity index (χ1v) is 6.58. The number of benzene rings is 1. The number of nitrogens with one attached hydrogen (secondary N) is 1. The Kier molecular flexibility index (Phi) is 4.22. The number of alkyl halides is 3. The predicted molar refractivity (Wildman–Crippen MR) is 68.7 cm³/mol. The van der Waals surface area contributed by atoms with Gasteiger partial charge in [-0.15, -0.1) is 0 Å². The van der Waals surface area contributed by atoms with Crippen LogP contribution in [0.15, 0.2) is 24.3 Å². The van der Waals surface area contributed by atoms with Crippen LogP contribution in [-0.4, -0.2) is 29.6 Å². The first kappa shape index (κ1) is 15.8. The highest BCUT2D eigenvalue weighted by atomic mass is 19.4. The summed E-state index contributed by atoms with van der Waals surface area (Å²) in [6.07, 6.45) is -5.38. The lowest BCUT2D eigenvalue weighted by molar-refractivity contribution is -0.162. The van der Waals surface area contributed by atoms with E-state index in [2.05, 4.69) is 5.32 Å². The molecule has 1 N–H and O–H groups in total. The Morgan fingerprint density at radius 3 is 2.29 bits per heavy atom. The van der Waals surface area contributed by atoms with Gasteiger partial charge >= 0.3 is 6.18 Å². The van der Waals surface area contributed by atoms with E-state index in [1.54, 1.807) is 13.8 Å². The van der Waals surface area contributed by atoms with Crippen LogP contribution in [0.3, 0.4) is 0 Å². The molecule has 3 nitrogen and oxygen atoms in total. The van der Waals surface area contributed by atoms with Crippen LogP contribution < -0.4 is 5.32 Å². The molecular weight excluding hydrogens is 288 g/mol. The second-order valence-corrected chi connectivity index (χ2v) is 5.42. The van der Waals surface area contributed by atoms with Crippen molar-refractivity contribution in [2.24, 2.45) is 5.92 Å². The van der Waals surface area contributed by atoms with Gasteiger partial charge in [0.1, 0.15) is 18.5 Å². The van der Waals surface area contributed by atoms with E-state index in [1.807, 2.05) is 0 Å². The third kappa shape index (κ3) is 3.53. The van der Waals surface area contributed by atoms with Crippen molar-refractivity contribution in [3.05, 3.63) is 35.6 Å². The van der Waals surface area contributed by atoms with Gasteiger partial charge in [0.05, 0.1) is 6.04 Å². The number of amides is 1. The molecule has 1 aliphatic rings. The van der Waals surface area contributed by atoms with Crippen LogP contribution >= 0.6 is 0 Å². The topological polar surface area (TPSA) is 32.3 Å². The van der Waals surface area contributed by atoms with Crippen LogP contribution in [-0.2, 0) is 4.79 Å². The molecule has 1 heterocycles. The van der Waals surface area contributed by atoms with Gasteiger partial charge in [0.25, 0.3) is 0 Å². The number of hydrogen-bond donors (Lipinski definition) is 1. The Bertz CT molecular complexity index is 513. The zero-order chi connectivity index (χ0) is 15.8. The third-order valence-electron chi connectivity index (χ3n) is 3.40. The summed E-state index contributed by atoms with van der Waals surface area (Å²) in [5, 5.41) is 2.90. The van der Waals surface area contributed by atoms with E-state index in [1.165, 1.54) is 12.1 Å². The van der Waals surface area contributed by atoms with Gasteiger partial charge in [0, 0.05) is 0 Å². The molecule has 2 atom stereocenters. The maximum Gasteiger partial charge on any atom is 0.406 e. The molecule has 2 unspecified atom stereocenters. The maximum absolute atomic E-state index is 12.9. The van der Waals surface area contributed by atoms with E-state index in [9.17, 15) is 22.4 Å². The quantitative estimate of drug-likeness (QED) is 0.871. The SMILES string of the molecule is CC(C)C1NC(c2ccc(F)cc2)N(CC(F)(F)F)C1=O. The van der Waals surface area contributed by atoms with Gasteiger partial charge in [-0.25, -0.2) is 4.39 Å². The van der Waals surface area contributed by atoms with Crippen molar-refractivity contribution in [3.8, 4) is 0 Å². The fraction of sp³-hybridized carbons (Fsp3) is 0.500. The molecule has 1 saturated heterocycles. The monoisotopic (exact) mass is 304 g/mol. The molecule has 1 amide bonds. The van der Waals surface area contributed by atoms with Gasteiger partial charge < -0.3 is 4.90 Å². The lowest BCUT2D eigenvalue weighted by Crippen LogP contribution is -2.39. The van der Waals surface area contributed by atoms with Crippen LogP contribution in [0.1, 0.15) is 25.6 Å². The Morgan fingerprint density at radius 2 is 1.81 bits per heavy atom. The van der Waals surface area contributed by atoms with Gasteiger partial charge in [-0.2, -0.15) is 13.2 Å². The average Bonchev–Trinajstić information content (AvgIpc) is 2.67. The standard InChI is InChI=1S/C14H16F4N2O/c1-8(2)11-13(21)20(7-14(16,17)18)12(19-11)9-3-5-10(15)6-4-9/h3-6,8,11-12,19H,7H2,1-2H3. The second-order valence-electron chi connectivity index (χ2n) is 5.42. The van der Waals surface area contributed by atoms with Crippen LogP contribution in [0, 0.1) is 11.7 Å². The largest absolute Gasteiger partial charge is 0.406 e. The van der Waals surface area contributed by atoms with Gasteiger partial charge in [0.15, 0.2) is 0 Å². The van der Waals surface area contributed by atoms with Gasteiger partial charge in [-0.05, 0) is 23.6 Å². The Morgan fingerprint density at radius 1 is 1.24 bits per heavy atom. The molecule has 116 valence electrons. The lowest BCUT2D eigenvalue weighted by Gasteiger charge is -2.25. The molecule has 2 rings (SSSR count). The Hall–Kier alpha value is -1.63. The zero-order valence-corrected chi connectivity index (χ0v) is 11.6. The molecule has 21 heavy (non-hydrogen) atoms. The summed E-state index contributed by atoms with van der Waals surface area (Å²) in [6, 6.07) is 4.41. The fourth-order valence-corrected chi connectivity index (χ4v) is 2.40. The van der Waals surface area contributed by atoms with Gasteiger partial charge in [-0.1, -0.05) is 26.0 Å². The highest BCUT2D eigenvalue weighted by Crippen LogP contribution is 2.31. The van der Waals surface area contributed by atoms with E-state index >= 15 is 0 Å². The van der Waals surface area contributed by atoms with Crippen molar-refractivity contribution in [2.45, 2.75) is 32.2 Å². The molecule has 0 radical (unpaired) electrons. The summed E-state index contributed by atoms with van der Waals surface area (Å²) >= 11 is 0. The van der Waals surface area contributed by atoms with E-state index in [0.717, 1.165) is 17.0 Å². The number of carbonyl (C=O) groups excluding carboxylic acids is 1. The van der Waals surface area contributed by atoms with Gasteiger partial charge in [0.2, 0.25) is 5.91 Å². The van der Waals surface area contributed by atoms with Crippen LogP contribution in [0.4, 0.5) is 17.6 Å². The fourth-order valence-electron chi connectivity index (χ4n) is 2.40. The molecule has 1 aromatic carbocycles. The average molecular weight is 304 g/mol. The highest BCUT2D eigenvalue weighted by molar-refractivity contribution is 5.85. The minimum absolute atomic E-state index is 0.140. The highest BCUT2D eigenvalue weighted by Gasteiger charge is 2.45. The predicted octanol–water partition coefficient (Wildman–Crippen LogP) is 2.84. The summed E-state index contributed by atoms with van der Waals surface area (Å²) in [5.41, 5.74) is 0.428. The number of hydrogen-bond acceptors (Lipinski definition) is 2. The normalized spacial score (nSPS) is 23.2. The number of rotatable bonds is 3. The van der Waals surface area contributed by atoms with Gasteiger partial charge in [-0.3, -0.25) is 10.1 Å². The van der Waals surface area contributed by atoms with Crippen LogP contribution in [0.5, 0.6) is 0 Å². The zero-order valence-electron chi connectivity index (χ0n) is 11.6. The van der Waals surface area contributed by atoms with Crippen molar-refractivity contribution in [2.75, 3.05) is 6.54 Å². The first-order chi connectivity index (χ1) is 9.69. The molecular formula is C14H16F4N2O. The number of halogens is 4. The van der Waals surface area contributed by atoms with Crippen molar-refractivity contribution in [1.82, 2.24) is 10.2 Å². The molecule has 1 fully saturated rings. The van der Waals surface area contributed by atoms with E-state index in [0.29, 0.717) is 5.56 Å². The summed E-state index contributed by atoms with van der Waals surface area (Å²) in [5.74, 6) is -1.21.